The molecule has 0 saturated carbocycles. The van der Waals surface area contributed by atoms with Gasteiger partial charge in [-0.3, -0.25) is 9.80 Å². The molecule has 126 valence electrons. The van der Waals surface area contributed by atoms with E-state index in [9.17, 15) is 5.11 Å². The van der Waals surface area contributed by atoms with Crippen molar-refractivity contribution in [2.24, 2.45) is 0 Å². The summed E-state index contributed by atoms with van der Waals surface area (Å²) in [5.41, 5.74) is 0.811. The third-order valence-corrected chi connectivity index (χ3v) is 4.28. The first kappa shape index (κ1) is 18.2. The molecule has 1 N–H and O–H groups in total. The zero-order chi connectivity index (χ0) is 16.5. The number of benzene rings is 1. The SMILES string of the molecule is N#CCCN(CCN1CCOCC1)CC(O)c1cccc(Cl)c1. The third kappa shape index (κ3) is 6.46. The second-order valence-electron chi connectivity index (χ2n) is 5.73. The number of halogens is 1. The Morgan fingerprint density at radius 2 is 2.13 bits per heavy atom. The summed E-state index contributed by atoms with van der Waals surface area (Å²) in [5.74, 6) is 0. The number of ether oxygens (including phenoxy) is 1. The summed E-state index contributed by atoms with van der Waals surface area (Å²) in [7, 11) is 0. The van der Waals surface area contributed by atoms with Crippen LogP contribution in [-0.4, -0.2) is 67.4 Å². The third-order valence-electron chi connectivity index (χ3n) is 4.04. The van der Waals surface area contributed by atoms with Gasteiger partial charge in [0, 0.05) is 50.7 Å². The Morgan fingerprint density at radius 3 is 2.83 bits per heavy atom. The van der Waals surface area contributed by atoms with Crippen LogP contribution in [0.25, 0.3) is 0 Å². The fourth-order valence-electron chi connectivity index (χ4n) is 2.67. The lowest BCUT2D eigenvalue weighted by atomic mass is 10.1. The topological polar surface area (TPSA) is 59.7 Å². The monoisotopic (exact) mass is 337 g/mol. The molecule has 1 unspecified atom stereocenters. The van der Waals surface area contributed by atoms with Gasteiger partial charge >= 0.3 is 0 Å². The molecule has 0 bridgehead atoms. The molecule has 0 radical (unpaired) electrons. The summed E-state index contributed by atoms with van der Waals surface area (Å²) in [5, 5.41) is 19.9. The molecule has 1 aromatic carbocycles. The van der Waals surface area contributed by atoms with Crippen molar-refractivity contribution >= 4 is 11.6 Å². The van der Waals surface area contributed by atoms with E-state index in [1.165, 1.54) is 0 Å². The van der Waals surface area contributed by atoms with Crippen molar-refractivity contribution in [2.45, 2.75) is 12.5 Å². The van der Waals surface area contributed by atoms with Gasteiger partial charge in [0.15, 0.2) is 0 Å². The Morgan fingerprint density at radius 1 is 1.35 bits per heavy atom. The van der Waals surface area contributed by atoms with E-state index < -0.39 is 6.10 Å². The van der Waals surface area contributed by atoms with E-state index in [1.807, 2.05) is 12.1 Å². The van der Waals surface area contributed by atoms with Gasteiger partial charge in [0.05, 0.1) is 25.4 Å². The summed E-state index contributed by atoms with van der Waals surface area (Å²) in [6, 6.07) is 9.48. The molecule has 0 aromatic heterocycles. The Bertz CT molecular complexity index is 515. The molecule has 6 heteroatoms. The first-order chi connectivity index (χ1) is 11.2. The standard InChI is InChI=1S/C17H24ClN3O2/c18-16-4-1-3-15(13-16)17(22)14-21(6-2-5-19)8-7-20-9-11-23-12-10-20/h1,3-4,13,17,22H,2,6-12,14H2. The van der Waals surface area contributed by atoms with E-state index in [4.69, 9.17) is 21.6 Å². The summed E-state index contributed by atoms with van der Waals surface area (Å²) >= 11 is 5.99. The van der Waals surface area contributed by atoms with Gasteiger partial charge in [-0.15, -0.1) is 0 Å². The molecule has 1 saturated heterocycles. The van der Waals surface area contributed by atoms with Gasteiger partial charge in [-0.1, -0.05) is 23.7 Å². The molecule has 1 atom stereocenters. The van der Waals surface area contributed by atoms with E-state index in [0.717, 1.165) is 45.0 Å². The number of hydrogen-bond donors (Lipinski definition) is 1. The summed E-state index contributed by atoms with van der Waals surface area (Å²) in [4.78, 5) is 4.50. The molecule has 2 rings (SSSR count). The molecular weight excluding hydrogens is 314 g/mol. The van der Waals surface area contributed by atoms with Crippen molar-refractivity contribution in [3.05, 3.63) is 34.9 Å². The quantitative estimate of drug-likeness (QED) is 0.785. The predicted octanol–water partition coefficient (Wildman–Crippen LogP) is 1.92. The lowest BCUT2D eigenvalue weighted by Crippen LogP contribution is -2.42. The highest BCUT2D eigenvalue weighted by Gasteiger charge is 2.16. The molecule has 0 amide bonds. The smallest absolute Gasteiger partial charge is 0.0917 e. The van der Waals surface area contributed by atoms with Gasteiger partial charge < -0.3 is 9.84 Å². The Hall–Kier alpha value is -1.16. The van der Waals surface area contributed by atoms with Crippen LogP contribution >= 0.6 is 11.6 Å². The minimum atomic E-state index is -0.600. The van der Waals surface area contributed by atoms with Crippen LogP contribution in [0, 0.1) is 11.3 Å². The highest BCUT2D eigenvalue weighted by atomic mass is 35.5. The van der Waals surface area contributed by atoms with Crippen molar-refractivity contribution in [1.82, 2.24) is 9.80 Å². The zero-order valence-electron chi connectivity index (χ0n) is 13.3. The molecule has 5 nitrogen and oxygen atoms in total. The molecule has 23 heavy (non-hydrogen) atoms. The van der Waals surface area contributed by atoms with Gasteiger partial charge in [-0.2, -0.15) is 5.26 Å². The fourth-order valence-corrected chi connectivity index (χ4v) is 2.87. The number of aliphatic hydroxyl groups is 1. The van der Waals surface area contributed by atoms with E-state index in [0.29, 0.717) is 24.5 Å². The van der Waals surface area contributed by atoms with E-state index in [1.54, 1.807) is 12.1 Å². The van der Waals surface area contributed by atoms with Crippen molar-refractivity contribution in [3.63, 3.8) is 0 Å². The normalized spacial score (nSPS) is 17.1. The van der Waals surface area contributed by atoms with E-state index in [2.05, 4.69) is 15.9 Å². The van der Waals surface area contributed by atoms with Crippen molar-refractivity contribution in [2.75, 3.05) is 52.5 Å². The highest BCUT2D eigenvalue weighted by Crippen LogP contribution is 2.18. The van der Waals surface area contributed by atoms with Gasteiger partial charge in [0.2, 0.25) is 0 Å². The van der Waals surface area contributed by atoms with Crippen LogP contribution < -0.4 is 0 Å². The minimum absolute atomic E-state index is 0.464. The number of rotatable bonds is 8. The molecular formula is C17H24ClN3O2. The minimum Gasteiger partial charge on any atom is -0.387 e. The van der Waals surface area contributed by atoms with Crippen LogP contribution in [0.3, 0.4) is 0 Å². The number of nitrogens with zero attached hydrogens (tertiary/aromatic N) is 3. The second-order valence-corrected chi connectivity index (χ2v) is 6.17. The molecule has 1 aromatic rings. The maximum atomic E-state index is 10.4. The number of morpholine rings is 1. The van der Waals surface area contributed by atoms with Gasteiger partial charge in [0.1, 0.15) is 0 Å². The van der Waals surface area contributed by atoms with Crippen LogP contribution in [0.5, 0.6) is 0 Å². The van der Waals surface area contributed by atoms with Crippen LogP contribution in [-0.2, 0) is 4.74 Å². The first-order valence-electron chi connectivity index (χ1n) is 8.02. The first-order valence-corrected chi connectivity index (χ1v) is 8.40. The summed E-state index contributed by atoms with van der Waals surface area (Å²) < 4.78 is 5.35. The van der Waals surface area contributed by atoms with Crippen LogP contribution in [0.2, 0.25) is 5.02 Å². The molecule has 1 aliphatic rings. The van der Waals surface area contributed by atoms with Crippen LogP contribution in [0.15, 0.2) is 24.3 Å². The molecule has 1 fully saturated rings. The lowest BCUT2D eigenvalue weighted by molar-refractivity contribution is 0.0300. The summed E-state index contributed by atoms with van der Waals surface area (Å²) in [6.07, 6.45) is -0.136. The Balaban J connectivity index is 1.87. The van der Waals surface area contributed by atoms with Crippen molar-refractivity contribution in [1.29, 1.82) is 5.26 Å². The van der Waals surface area contributed by atoms with E-state index >= 15 is 0 Å². The highest BCUT2D eigenvalue weighted by molar-refractivity contribution is 6.30. The maximum Gasteiger partial charge on any atom is 0.0917 e. The van der Waals surface area contributed by atoms with Crippen LogP contribution in [0.4, 0.5) is 0 Å². The van der Waals surface area contributed by atoms with E-state index in [-0.39, 0.29) is 0 Å². The summed E-state index contributed by atoms with van der Waals surface area (Å²) in [6.45, 7) is 6.39. The van der Waals surface area contributed by atoms with Gasteiger partial charge in [-0.25, -0.2) is 0 Å². The molecule has 1 heterocycles. The van der Waals surface area contributed by atoms with Crippen molar-refractivity contribution < 1.29 is 9.84 Å². The second kappa shape index (κ2) is 9.86. The molecule has 0 aliphatic carbocycles. The average molecular weight is 338 g/mol. The number of nitriles is 1. The maximum absolute atomic E-state index is 10.4. The Kier molecular flexibility index (Phi) is 7.80. The fraction of sp³-hybridized carbons (Fsp3) is 0.588. The van der Waals surface area contributed by atoms with Crippen LogP contribution in [0.1, 0.15) is 18.1 Å². The molecule has 0 spiro atoms. The predicted molar refractivity (Wildman–Crippen MR) is 90.3 cm³/mol. The van der Waals surface area contributed by atoms with Crippen molar-refractivity contribution in [3.8, 4) is 6.07 Å². The Labute approximate surface area is 143 Å². The average Bonchev–Trinajstić information content (AvgIpc) is 2.58. The molecule has 1 aliphatic heterocycles. The number of hydrogen-bond acceptors (Lipinski definition) is 5. The lowest BCUT2D eigenvalue weighted by Gasteiger charge is -2.30. The van der Waals surface area contributed by atoms with Gasteiger partial charge in [-0.05, 0) is 17.7 Å². The zero-order valence-corrected chi connectivity index (χ0v) is 14.1. The number of aliphatic hydroxyl groups excluding tert-OH is 1. The largest absolute Gasteiger partial charge is 0.387 e. The van der Waals surface area contributed by atoms with Gasteiger partial charge in [0.25, 0.3) is 0 Å².